The molecule has 1 saturated heterocycles. The van der Waals surface area contributed by atoms with Crippen molar-refractivity contribution in [1.82, 2.24) is 19.7 Å². The van der Waals surface area contributed by atoms with Crippen LogP contribution in [0.4, 0.5) is 8.78 Å². The third-order valence-corrected chi connectivity index (χ3v) is 6.30. The number of nitrogens with zero attached hydrogens (tertiary/aromatic N) is 4. The minimum Gasteiger partial charge on any atom is -0.369 e. The lowest BCUT2D eigenvalue weighted by molar-refractivity contribution is -0.132. The fraction of sp³-hybridized carbons (Fsp3) is 0.273. The molecule has 2 aromatic carbocycles. The van der Waals surface area contributed by atoms with Crippen molar-refractivity contribution in [2.45, 2.75) is 18.0 Å². The summed E-state index contributed by atoms with van der Waals surface area (Å²) in [5, 5.41) is 8.68. The third-order valence-electron chi connectivity index (χ3n) is 5.39. The van der Waals surface area contributed by atoms with Crippen molar-refractivity contribution in [3.8, 4) is 17.1 Å². The summed E-state index contributed by atoms with van der Waals surface area (Å²) >= 11 is 1.13. The van der Waals surface area contributed by atoms with E-state index in [0.29, 0.717) is 42.5 Å². The summed E-state index contributed by atoms with van der Waals surface area (Å²) in [6, 6.07) is 12.4. The molecule has 2 heterocycles. The van der Waals surface area contributed by atoms with E-state index < -0.39 is 11.6 Å². The Hall–Kier alpha value is -3.27. The van der Waals surface area contributed by atoms with Gasteiger partial charge in [0.1, 0.15) is 11.6 Å². The second-order valence-electron chi connectivity index (χ2n) is 7.45. The third kappa shape index (κ3) is 4.64. The molecule has 1 fully saturated rings. The van der Waals surface area contributed by atoms with E-state index in [0.717, 1.165) is 23.9 Å². The molecular weight excluding hydrogens is 436 g/mol. The standard InChI is InChI=1S/C22H21F2N5O2S/c23-16-6-7-18(17(24)12-16)29-21(15-4-2-1-3-5-15)26-27-22(29)32-13-19(30)28-10-8-14(9-11-28)20(25)31/h1-7,12,14H,8-11,13H2,(H2,25,31). The average Bonchev–Trinajstić information content (AvgIpc) is 3.21. The molecule has 0 atom stereocenters. The van der Waals surface area contributed by atoms with Crippen LogP contribution in [-0.4, -0.2) is 50.3 Å². The van der Waals surface area contributed by atoms with Crippen LogP contribution in [0.15, 0.2) is 53.7 Å². The first-order valence-corrected chi connectivity index (χ1v) is 11.1. The van der Waals surface area contributed by atoms with Crippen molar-refractivity contribution in [2.24, 2.45) is 11.7 Å². The lowest BCUT2D eigenvalue weighted by Crippen LogP contribution is -2.42. The van der Waals surface area contributed by atoms with Crippen molar-refractivity contribution in [3.05, 3.63) is 60.2 Å². The SMILES string of the molecule is NC(=O)C1CCN(C(=O)CSc2nnc(-c3ccccc3)n2-c2ccc(F)cc2F)CC1. The van der Waals surface area contributed by atoms with Crippen molar-refractivity contribution < 1.29 is 18.4 Å². The fourth-order valence-electron chi connectivity index (χ4n) is 3.65. The first-order chi connectivity index (χ1) is 15.4. The summed E-state index contributed by atoms with van der Waals surface area (Å²) in [4.78, 5) is 25.7. The van der Waals surface area contributed by atoms with Gasteiger partial charge in [0.15, 0.2) is 11.0 Å². The highest BCUT2D eigenvalue weighted by atomic mass is 32.2. The van der Waals surface area contributed by atoms with Crippen LogP contribution in [0, 0.1) is 17.6 Å². The molecule has 1 aliphatic rings. The molecule has 1 aliphatic heterocycles. The summed E-state index contributed by atoms with van der Waals surface area (Å²) in [6.45, 7) is 0.920. The molecule has 0 unspecified atom stereocenters. The lowest BCUT2D eigenvalue weighted by atomic mass is 9.96. The van der Waals surface area contributed by atoms with Crippen molar-refractivity contribution in [2.75, 3.05) is 18.8 Å². The normalized spacial score (nSPS) is 14.5. The second-order valence-corrected chi connectivity index (χ2v) is 8.39. The zero-order valence-corrected chi connectivity index (χ0v) is 17.9. The molecule has 0 spiro atoms. The summed E-state index contributed by atoms with van der Waals surface area (Å²) in [7, 11) is 0. The summed E-state index contributed by atoms with van der Waals surface area (Å²) < 4.78 is 29.6. The number of carbonyl (C=O) groups excluding carboxylic acids is 2. The monoisotopic (exact) mass is 457 g/mol. The zero-order chi connectivity index (χ0) is 22.7. The topological polar surface area (TPSA) is 94.1 Å². The molecule has 4 rings (SSSR count). The molecule has 10 heteroatoms. The molecule has 166 valence electrons. The van der Waals surface area contributed by atoms with Crippen LogP contribution in [0.5, 0.6) is 0 Å². The smallest absolute Gasteiger partial charge is 0.233 e. The molecule has 0 aliphatic carbocycles. The number of hydrogen-bond acceptors (Lipinski definition) is 5. The van der Waals surface area contributed by atoms with E-state index in [-0.39, 0.29) is 29.2 Å². The van der Waals surface area contributed by atoms with Gasteiger partial charge in [0.05, 0.1) is 11.4 Å². The summed E-state index contributed by atoms with van der Waals surface area (Å²) in [6.07, 6.45) is 1.09. The number of likely N-dealkylation sites (tertiary alicyclic amines) is 1. The predicted molar refractivity (Wildman–Crippen MR) is 116 cm³/mol. The van der Waals surface area contributed by atoms with Gasteiger partial charge in [-0.05, 0) is 25.0 Å². The van der Waals surface area contributed by atoms with Crippen LogP contribution < -0.4 is 5.73 Å². The number of aromatic nitrogens is 3. The van der Waals surface area contributed by atoms with Gasteiger partial charge in [0.2, 0.25) is 11.8 Å². The van der Waals surface area contributed by atoms with Gasteiger partial charge < -0.3 is 10.6 Å². The number of thioether (sulfide) groups is 1. The molecule has 0 saturated carbocycles. The quantitative estimate of drug-likeness (QED) is 0.575. The van der Waals surface area contributed by atoms with Crippen LogP contribution in [0.2, 0.25) is 0 Å². The van der Waals surface area contributed by atoms with Crippen molar-refractivity contribution in [3.63, 3.8) is 0 Å². The highest BCUT2D eigenvalue weighted by molar-refractivity contribution is 7.99. The number of carbonyl (C=O) groups is 2. The maximum absolute atomic E-state index is 14.6. The molecule has 2 N–H and O–H groups in total. The van der Waals surface area contributed by atoms with Crippen LogP contribution in [0.3, 0.4) is 0 Å². The van der Waals surface area contributed by atoms with Gasteiger partial charge >= 0.3 is 0 Å². The number of benzene rings is 2. The number of primary amides is 1. The summed E-state index contributed by atoms with van der Waals surface area (Å²) in [5.74, 6) is -1.66. The molecule has 32 heavy (non-hydrogen) atoms. The van der Waals surface area contributed by atoms with E-state index in [1.54, 1.807) is 4.90 Å². The first kappa shape index (κ1) is 21.9. The predicted octanol–water partition coefficient (Wildman–Crippen LogP) is 3.03. The van der Waals surface area contributed by atoms with Crippen LogP contribution in [0.1, 0.15) is 12.8 Å². The Bertz CT molecular complexity index is 1130. The maximum atomic E-state index is 14.6. The fourth-order valence-corrected chi connectivity index (χ4v) is 4.50. The minimum absolute atomic E-state index is 0.0664. The second kappa shape index (κ2) is 9.47. The van der Waals surface area contributed by atoms with E-state index in [9.17, 15) is 18.4 Å². The van der Waals surface area contributed by atoms with Gasteiger partial charge in [-0.15, -0.1) is 10.2 Å². The summed E-state index contributed by atoms with van der Waals surface area (Å²) in [5.41, 5.74) is 6.14. The Morgan fingerprint density at radius 3 is 2.44 bits per heavy atom. The van der Waals surface area contributed by atoms with E-state index in [1.165, 1.54) is 10.6 Å². The molecular formula is C22H21F2N5O2S. The molecule has 3 aromatic rings. The van der Waals surface area contributed by atoms with E-state index >= 15 is 0 Å². The molecule has 0 radical (unpaired) electrons. The Labute approximate surface area is 187 Å². The Morgan fingerprint density at radius 2 is 1.78 bits per heavy atom. The molecule has 7 nitrogen and oxygen atoms in total. The van der Waals surface area contributed by atoms with Gasteiger partial charge in [0, 0.05) is 30.6 Å². The van der Waals surface area contributed by atoms with Gasteiger partial charge in [-0.2, -0.15) is 0 Å². The van der Waals surface area contributed by atoms with E-state index in [1.807, 2.05) is 30.3 Å². The molecule has 1 aromatic heterocycles. The van der Waals surface area contributed by atoms with Gasteiger partial charge in [-0.3, -0.25) is 14.2 Å². The van der Waals surface area contributed by atoms with Gasteiger partial charge in [-0.1, -0.05) is 42.1 Å². The van der Waals surface area contributed by atoms with Gasteiger partial charge in [0.25, 0.3) is 0 Å². The van der Waals surface area contributed by atoms with E-state index in [2.05, 4.69) is 10.2 Å². The van der Waals surface area contributed by atoms with Crippen molar-refractivity contribution in [1.29, 1.82) is 0 Å². The van der Waals surface area contributed by atoms with E-state index in [4.69, 9.17) is 5.73 Å². The zero-order valence-electron chi connectivity index (χ0n) is 17.1. The van der Waals surface area contributed by atoms with Crippen LogP contribution in [-0.2, 0) is 9.59 Å². The number of piperidine rings is 1. The van der Waals surface area contributed by atoms with Crippen LogP contribution in [0.25, 0.3) is 17.1 Å². The first-order valence-electron chi connectivity index (χ1n) is 10.1. The Morgan fingerprint density at radius 1 is 1.06 bits per heavy atom. The average molecular weight is 458 g/mol. The lowest BCUT2D eigenvalue weighted by Gasteiger charge is -2.30. The highest BCUT2D eigenvalue weighted by Crippen LogP contribution is 2.30. The number of nitrogens with two attached hydrogens (primary N) is 1. The maximum Gasteiger partial charge on any atom is 0.233 e. The Kier molecular flexibility index (Phi) is 6.50. The number of halogens is 2. The minimum atomic E-state index is -0.760. The Balaban J connectivity index is 1.57. The van der Waals surface area contributed by atoms with Gasteiger partial charge in [-0.25, -0.2) is 8.78 Å². The van der Waals surface area contributed by atoms with Crippen LogP contribution >= 0.6 is 11.8 Å². The number of hydrogen-bond donors (Lipinski definition) is 1. The largest absolute Gasteiger partial charge is 0.369 e. The van der Waals surface area contributed by atoms with Crippen molar-refractivity contribution >= 4 is 23.6 Å². The molecule has 0 bridgehead atoms. The number of rotatable bonds is 6. The highest BCUT2D eigenvalue weighted by Gasteiger charge is 2.27. The number of amides is 2. The molecule has 2 amide bonds.